The van der Waals surface area contributed by atoms with E-state index in [0.29, 0.717) is 6.47 Å². The van der Waals surface area contributed by atoms with E-state index in [1.54, 1.807) is 0 Å². The van der Waals surface area contributed by atoms with Gasteiger partial charge in [0, 0.05) is 0 Å². The first-order chi connectivity index (χ1) is 7.83. The molecule has 94 valence electrons. The summed E-state index contributed by atoms with van der Waals surface area (Å²) in [6.07, 6.45) is 13.5. The minimum Gasteiger partial charge on any atom is -0.461 e. The maximum Gasteiger partial charge on any atom is 0.293 e. The van der Waals surface area contributed by atoms with E-state index in [1.165, 1.54) is 51.4 Å². The molecule has 0 aromatic heterocycles. The van der Waals surface area contributed by atoms with Gasteiger partial charge in [0.05, 0.1) is 0 Å². The fourth-order valence-electron chi connectivity index (χ4n) is 2.78. The van der Waals surface area contributed by atoms with Crippen molar-refractivity contribution in [3.05, 3.63) is 0 Å². The summed E-state index contributed by atoms with van der Waals surface area (Å²) >= 11 is 0. The molecule has 0 amide bonds. The van der Waals surface area contributed by atoms with Crippen LogP contribution in [0.15, 0.2) is 0 Å². The van der Waals surface area contributed by atoms with Crippen LogP contribution in [0.25, 0.3) is 0 Å². The highest BCUT2D eigenvalue weighted by molar-refractivity contribution is 5.38. The molecule has 0 radical (unpaired) electrons. The van der Waals surface area contributed by atoms with Gasteiger partial charge in [-0.2, -0.15) is 0 Å². The van der Waals surface area contributed by atoms with Crippen LogP contribution in [0, 0.1) is 0 Å². The van der Waals surface area contributed by atoms with Crippen LogP contribution in [0.1, 0.15) is 77.6 Å². The largest absolute Gasteiger partial charge is 0.461 e. The van der Waals surface area contributed by atoms with Gasteiger partial charge in [-0.25, -0.2) is 0 Å². The van der Waals surface area contributed by atoms with Crippen LogP contribution in [0.3, 0.4) is 0 Å². The first kappa shape index (κ1) is 13.5. The van der Waals surface area contributed by atoms with Crippen molar-refractivity contribution in [2.24, 2.45) is 0 Å². The van der Waals surface area contributed by atoms with Crippen molar-refractivity contribution in [3.63, 3.8) is 0 Å². The molecule has 0 aromatic carbocycles. The molecule has 0 aliphatic heterocycles. The molecule has 0 spiro atoms. The van der Waals surface area contributed by atoms with Crippen LogP contribution in [-0.4, -0.2) is 12.1 Å². The van der Waals surface area contributed by atoms with E-state index in [0.717, 1.165) is 19.3 Å². The Bertz CT molecular complexity index is 183. The topological polar surface area (TPSA) is 26.3 Å². The molecule has 1 rings (SSSR count). The molecule has 0 atom stereocenters. The normalized spacial score (nSPS) is 19.3. The zero-order valence-electron chi connectivity index (χ0n) is 10.7. The smallest absolute Gasteiger partial charge is 0.293 e. The quantitative estimate of drug-likeness (QED) is 0.457. The summed E-state index contributed by atoms with van der Waals surface area (Å²) < 4.78 is 5.40. The van der Waals surface area contributed by atoms with Crippen LogP contribution in [0.4, 0.5) is 0 Å². The van der Waals surface area contributed by atoms with Crippen LogP contribution in [0.5, 0.6) is 0 Å². The van der Waals surface area contributed by atoms with E-state index < -0.39 is 0 Å². The van der Waals surface area contributed by atoms with E-state index in [9.17, 15) is 4.79 Å². The molecule has 2 heteroatoms. The van der Waals surface area contributed by atoms with Crippen molar-refractivity contribution >= 4 is 6.47 Å². The zero-order valence-corrected chi connectivity index (χ0v) is 10.7. The van der Waals surface area contributed by atoms with Gasteiger partial charge in [0.2, 0.25) is 0 Å². The number of carbonyl (C=O) groups is 1. The van der Waals surface area contributed by atoms with Crippen molar-refractivity contribution in [3.8, 4) is 0 Å². The summed E-state index contributed by atoms with van der Waals surface area (Å²) in [5.41, 5.74) is -0.0911. The molecule has 0 heterocycles. The van der Waals surface area contributed by atoms with E-state index >= 15 is 0 Å². The van der Waals surface area contributed by atoms with Gasteiger partial charge >= 0.3 is 0 Å². The molecule has 0 saturated heterocycles. The molecule has 1 aliphatic rings. The molecule has 1 fully saturated rings. The molecular weight excluding hydrogens is 200 g/mol. The van der Waals surface area contributed by atoms with Crippen molar-refractivity contribution in [1.82, 2.24) is 0 Å². The van der Waals surface area contributed by atoms with Gasteiger partial charge in [-0.05, 0) is 38.5 Å². The Labute approximate surface area is 99.8 Å². The SMILES string of the molecule is CCCCCCCC1(OC=O)CCCCC1. The lowest BCUT2D eigenvalue weighted by atomic mass is 9.81. The zero-order chi connectivity index (χ0) is 11.7. The predicted molar refractivity (Wildman–Crippen MR) is 66.3 cm³/mol. The molecular formula is C14H26O2. The Balaban J connectivity index is 2.24. The number of hydrogen-bond acceptors (Lipinski definition) is 2. The summed E-state index contributed by atoms with van der Waals surface area (Å²) in [7, 11) is 0. The van der Waals surface area contributed by atoms with Gasteiger partial charge in [0.25, 0.3) is 6.47 Å². The predicted octanol–water partition coefficient (Wildman–Crippen LogP) is 4.22. The number of hydrogen-bond donors (Lipinski definition) is 0. The second-order valence-corrected chi connectivity index (χ2v) is 5.12. The Hall–Kier alpha value is -0.530. The third-order valence-electron chi connectivity index (χ3n) is 3.80. The van der Waals surface area contributed by atoms with E-state index in [1.807, 2.05) is 0 Å². The number of unbranched alkanes of at least 4 members (excludes halogenated alkanes) is 4. The van der Waals surface area contributed by atoms with Crippen molar-refractivity contribution in [2.45, 2.75) is 83.2 Å². The van der Waals surface area contributed by atoms with Crippen LogP contribution < -0.4 is 0 Å². The number of ether oxygens (including phenoxy) is 1. The molecule has 0 aromatic rings. The van der Waals surface area contributed by atoms with E-state index in [-0.39, 0.29) is 5.60 Å². The maximum atomic E-state index is 10.6. The molecule has 16 heavy (non-hydrogen) atoms. The van der Waals surface area contributed by atoms with E-state index in [2.05, 4.69) is 6.92 Å². The summed E-state index contributed by atoms with van der Waals surface area (Å²) in [5, 5.41) is 0. The average Bonchev–Trinajstić information content (AvgIpc) is 2.30. The standard InChI is InChI=1S/C14H26O2/c1-2-3-4-5-7-10-14(16-13-15)11-8-6-9-12-14/h13H,2-12H2,1H3. The first-order valence-electron chi connectivity index (χ1n) is 6.94. The molecule has 0 N–H and O–H groups in total. The Morgan fingerprint density at radius 1 is 1.06 bits per heavy atom. The van der Waals surface area contributed by atoms with Crippen LogP contribution >= 0.6 is 0 Å². The van der Waals surface area contributed by atoms with Crippen LogP contribution in [-0.2, 0) is 9.53 Å². The molecule has 1 aliphatic carbocycles. The van der Waals surface area contributed by atoms with Crippen molar-refractivity contribution in [1.29, 1.82) is 0 Å². The highest BCUT2D eigenvalue weighted by atomic mass is 16.5. The van der Waals surface area contributed by atoms with Gasteiger partial charge in [-0.1, -0.05) is 39.0 Å². The average molecular weight is 226 g/mol. The van der Waals surface area contributed by atoms with E-state index in [4.69, 9.17) is 4.74 Å². The summed E-state index contributed by atoms with van der Waals surface area (Å²) in [5.74, 6) is 0. The van der Waals surface area contributed by atoms with Gasteiger partial charge in [-0.3, -0.25) is 4.79 Å². The maximum absolute atomic E-state index is 10.6. The Morgan fingerprint density at radius 2 is 1.75 bits per heavy atom. The fraction of sp³-hybridized carbons (Fsp3) is 0.929. The second kappa shape index (κ2) is 7.70. The second-order valence-electron chi connectivity index (χ2n) is 5.12. The molecule has 0 unspecified atom stereocenters. The highest BCUT2D eigenvalue weighted by Crippen LogP contribution is 2.35. The first-order valence-corrected chi connectivity index (χ1v) is 6.94. The molecule has 2 nitrogen and oxygen atoms in total. The van der Waals surface area contributed by atoms with Gasteiger partial charge in [0.1, 0.15) is 5.60 Å². The minimum absolute atomic E-state index is 0.0911. The number of rotatable bonds is 8. The summed E-state index contributed by atoms with van der Waals surface area (Å²) in [6, 6.07) is 0. The third-order valence-corrected chi connectivity index (χ3v) is 3.80. The van der Waals surface area contributed by atoms with Gasteiger partial charge in [-0.15, -0.1) is 0 Å². The third kappa shape index (κ3) is 4.54. The summed E-state index contributed by atoms with van der Waals surface area (Å²) in [4.78, 5) is 10.6. The highest BCUT2D eigenvalue weighted by Gasteiger charge is 2.32. The van der Waals surface area contributed by atoms with Gasteiger partial charge in [0.15, 0.2) is 0 Å². The monoisotopic (exact) mass is 226 g/mol. The van der Waals surface area contributed by atoms with Crippen molar-refractivity contribution in [2.75, 3.05) is 0 Å². The lowest BCUT2D eigenvalue weighted by Gasteiger charge is -2.35. The summed E-state index contributed by atoms with van der Waals surface area (Å²) in [6.45, 7) is 2.90. The Morgan fingerprint density at radius 3 is 2.38 bits per heavy atom. The lowest BCUT2D eigenvalue weighted by molar-refractivity contribution is -0.148. The fourth-order valence-corrected chi connectivity index (χ4v) is 2.78. The number of carbonyl (C=O) groups excluding carboxylic acids is 1. The molecule has 0 bridgehead atoms. The van der Waals surface area contributed by atoms with Crippen molar-refractivity contribution < 1.29 is 9.53 Å². The lowest BCUT2D eigenvalue weighted by Crippen LogP contribution is -2.34. The Kier molecular flexibility index (Phi) is 6.51. The molecule has 1 saturated carbocycles. The van der Waals surface area contributed by atoms with Gasteiger partial charge < -0.3 is 4.74 Å². The minimum atomic E-state index is -0.0911. The van der Waals surface area contributed by atoms with Crippen LogP contribution in [0.2, 0.25) is 0 Å².